The Morgan fingerprint density at radius 1 is 1.10 bits per heavy atom. The predicted octanol–water partition coefficient (Wildman–Crippen LogP) is 4.36. The van der Waals surface area contributed by atoms with Crippen LogP contribution in [0.15, 0.2) is 42.5 Å². The summed E-state index contributed by atoms with van der Waals surface area (Å²) in [5.74, 6) is 0.251. The molecule has 2 rings (SSSR count). The van der Waals surface area contributed by atoms with E-state index < -0.39 is 0 Å². The third-order valence-electron chi connectivity index (χ3n) is 3.98. The van der Waals surface area contributed by atoms with Gasteiger partial charge >= 0.3 is 5.97 Å². The van der Waals surface area contributed by atoms with Crippen molar-refractivity contribution in [3.8, 4) is 0 Å². The van der Waals surface area contributed by atoms with Crippen LogP contribution in [0.4, 0.5) is 0 Å². The summed E-state index contributed by atoms with van der Waals surface area (Å²) in [6.07, 6.45) is 1.33. The van der Waals surface area contributed by atoms with Crippen LogP contribution in [0.3, 0.4) is 0 Å². The zero-order chi connectivity index (χ0) is 14.5. The zero-order valence-corrected chi connectivity index (χ0v) is 12.4. The van der Waals surface area contributed by atoms with Gasteiger partial charge in [-0.2, -0.15) is 0 Å². The SMILES string of the molecule is CCC(C)C(C)OC(=O)Cc1cccc2ccccc12. The van der Waals surface area contributed by atoms with Crippen LogP contribution in [0.5, 0.6) is 0 Å². The highest BCUT2D eigenvalue weighted by atomic mass is 16.5. The van der Waals surface area contributed by atoms with Crippen molar-refractivity contribution in [1.29, 1.82) is 0 Å². The first-order valence-corrected chi connectivity index (χ1v) is 7.28. The average molecular weight is 270 g/mol. The maximum atomic E-state index is 12.1. The molecule has 2 nitrogen and oxygen atoms in total. The monoisotopic (exact) mass is 270 g/mol. The van der Waals surface area contributed by atoms with Gasteiger partial charge < -0.3 is 4.74 Å². The number of hydrogen-bond acceptors (Lipinski definition) is 2. The van der Waals surface area contributed by atoms with Gasteiger partial charge in [0.25, 0.3) is 0 Å². The highest BCUT2D eigenvalue weighted by Crippen LogP contribution is 2.20. The molecule has 2 aromatic carbocycles. The first kappa shape index (κ1) is 14.6. The lowest BCUT2D eigenvalue weighted by Gasteiger charge is -2.19. The van der Waals surface area contributed by atoms with Crippen molar-refractivity contribution in [1.82, 2.24) is 0 Å². The fraction of sp³-hybridized carbons (Fsp3) is 0.389. The van der Waals surface area contributed by atoms with Gasteiger partial charge in [0.05, 0.1) is 6.42 Å². The van der Waals surface area contributed by atoms with Gasteiger partial charge in [-0.15, -0.1) is 0 Å². The Kier molecular flexibility index (Phi) is 4.78. The molecule has 0 aromatic heterocycles. The fourth-order valence-electron chi connectivity index (χ4n) is 2.30. The predicted molar refractivity (Wildman–Crippen MR) is 82.7 cm³/mol. The van der Waals surface area contributed by atoms with Gasteiger partial charge in [-0.3, -0.25) is 4.79 Å². The molecular formula is C18H22O2. The third kappa shape index (κ3) is 3.38. The van der Waals surface area contributed by atoms with E-state index in [9.17, 15) is 4.79 Å². The zero-order valence-electron chi connectivity index (χ0n) is 12.4. The Morgan fingerprint density at radius 3 is 2.55 bits per heavy atom. The second kappa shape index (κ2) is 6.56. The van der Waals surface area contributed by atoms with E-state index in [1.165, 1.54) is 0 Å². The molecule has 0 heterocycles. The molecule has 0 aliphatic carbocycles. The molecule has 0 bridgehead atoms. The van der Waals surface area contributed by atoms with Gasteiger partial charge in [0.1, 0.15) is 6.10 Å². The summed E-state index contributed by atoms with van der Waals surface area (Å²) in [6.45, 7) is 6.19. The van der Waals surface area contributed by atoms with Gasteiger partial charge in [-0.1, -0.05) is 62.7 Å². The Balaban J connectivity index is 2.10. The van der Waals surface area contributed by atoms with Crippen molar-refractivity contribution in [3.63, 3.8) is 0 Å². The summed E-state index contributed by atoms with van der Waals surface area (Å²) >= 11 is 0. The lowest BCUT2D eigenvalue weighted by Crippen LogP contribution is -2.22. The lowest BCUT2D eigenvalue weighted by molar-refractivity contribution is -0.149. The van der Waals surface area contributed by atoms with E-state index in [2.05, 4.69) is 32.0 Å². The number of carbonyl (C=O) groups is 1. The summed E-state index contributed by atoms with van der Waals surface area (Å²) in [6, 6.07) is 14.2. The van der Waals surface area contributed by atoms with E-state index in [0.717, 1.165) is 22.8 Å². The molecule has 2 unspecified atom stereocenters. The number of ether oxygens (including phenoxy) is 1. The Labute approximate surface area is 120 Å². The van der Waals surface area contributed by atoms with E-state index in [-0.39, 0.29) is 12.1 Å². The summed E-state index contributed by atoms with van der Waals surface area (Å²) in [7, 11) is 0. The van der Waals surface area contributed by atoms with Gasteiger partial charge in [0, 0.05) is 0 Å². The van der Waals surface area contributed by atoms with Crippen LogP contribution >= 0.6 is 0 Å². The molecule has 20 heavy (non-hydrogen) atoms. The molecule has 0 aliphatic heterocycles. The number of hydrogen-bond donors (Lipinski definition) is 0. The van der Waals surface area contributed by atoms with Crippen LogP contribution in [-0.4, -0.2) is 12.1 Å². The smallest absolute Gasteiger partial charge is 0.310 e. The molecule has 0 saturated heterocycles. The molecule has 0 radical (unpaired) electrons. The highest BCUT2D eigenvalue weighted by Gasteiger charge is 2.16. The minimum Gasteiger partial charge on any atom is -0.462 e. The first-order valence-electron chi connectivity index (χ1n) is 7.28. The normalized spacial score (nSPS) is 13.9. The van der Waals surface area contributed by atoms with Gasteiger partial charge in [0.2, 0.25) is 0 Å². The summed E-state index contributed by atoms with van der Waals surface area (Å²) in [4.78, 5) is 12.1. The van der Waals surface area contributed by atoms with Crippen LogP contribution in [0.2, 0.25) is 0 Å². The van der Waals surface area contributed by atoms with Crippen LogP contribution in [0.25, 0.3) is 10.8 Å². The van der Waals surface area contributed by atoms with E-state index in [0.29, 0.717) is 12.3 Å². The highest BCUT2D eigenvalue weighted by molar-refractivity contribution is 5.88. The molecule has 0 fully saturated rings. The van der Waals surface area contributed by atoms with Crippen LogP contribution in [0.1, 0.15) is 32.8 Å². The van der Waals surface area contributed by atoms with Crippen molar-refractivity contribution in [2.45, 2.75) is 39.7 Å². The summed E-state index contributed by atoms with van der Waals surface area (Å²) in [5, 5.41) is 2.29. The van der Waals surface area contributed by atoms with Gasteiger partial charge in [-0.05, 0) is 29.2 Å². The lowest BCUT2D eigenvalue weighted by atomic mass is 10.0. The van der Waals surface area contributed by atoms with Crippen molar-refractivity contribution < 1.29 is 9.53 Å². The van der Waals surface area contributed by atoms with Crippen LogP contribution in [-0.2, 0) is 16.0 Å². The van der Waals surface area contributed by atoms with Gasteiger partial charge in [-0.25, -0.2) is 0 Å². The van der Waals surface area contributed by atoms with Crippen molar-refractivity contribution in [2.75, 3.05) is 0 Å². The van der Waals surface area contributed by atoms with Crippen LogP contribution < -0.4 is 0 Å². The summed E-state index contributed by atoms with van der Waals surface area (Å²) < 4.78 is 5.52. The minimum atomic E-state index is -0.144. The molecule has 0 amide bonds. The number of esters is 1. The first-order chi connectivity index (χ1) is 9.61. The van der Waals surface area contributed by atoms with E-state index >= 15 is 0 Å². The topological polar surface area (TPSA) is 26.3 Å². The number of fused-ring (bicyclic) bond motifs is 1. The molecular weight excluding hydrogens is 248 g/mol. The summed E-state index contributed by atoms with van der Waals surface area (Å²) in [5.41, 5.74) is 1.03. The molecule has 2 atom stereocenters. The number of carbonyl (C=O) groups excluding carboxylic acids is 1. The van der Waals surface area contributed by atoms with E-state index in [1.54, 1.807) is 0 Å². The minimum absolute atomic E-state index is 0.0255. The van der Waals surface area contributed by atoms with E-state index in [1.807, 2.05) is 31.2 Å². The quantitative estimate of drug-likeness (QED) is 0.755. The molecule has 0 spiro atoms. The molecule has 0 N–H and O–H groups in total. The Morgan fingerprint density at radius 2 is 1.80 bits per heavy atom. The van der Waals surface area contributed by atoms with E-state index in [4.69, 9.17) is 4.74 Å². The molecule has 2 aromatic rings. The average Bonchev–Trinajstić information content (AvgIpc) is 2.46. The maximum Gasteiger partial charge on any atom is 0.310 e. The second-order valence-corrected chi connectivity index (χ2v) is 5.40. The van der Waals surface area contributed by atoms with Crippen LogP contribution in [0, 0.1) is 5.92 Å². The molecule has 106 valence electrons. The molecule has 0 aliphatic rings. The van der Waals surface area contributed by atoms with Crippen molar-refractivity contribution >= 4 is 16.7 Å². The second-order valence-electron chi connectivity index (χ2n) is 5.40. The number of rotatable bonds is 5. The third-order valence-corrected chi connectivity index (χ3v) is 3.98. The van der Waals surface area contributed by atoms with Crippen molar-refractivity contribution in [3.05, 3.63) is 48.0 Å². The Hall–Kier alpha value is -1.83. The maximum absolute atomic E-state index is 12.1. The fourth-order valence-corrected chi connectivity index (χ4v) is 2.30. The molecule has 2 heteroatoms. The Bertz CT molecular complexity index is 583. The number of benzene rings is 2. The standard InChI is InChI=1S/C18H22O2/c1-4-13(2)14(3)20-18(19)12-16-10-7-9-15-8-5-6-11-17(15)16/h5-11,13-14H,4,12H2,1-3H3. The molecule has 0 saturated carbocycles. The van der Waals surface area contributed by atoms with Gasteiger partial charge in [0.15, 0.2) is 0 Å². The largest absolute Gasteiger partial charge is 0.462 e. The van der Waals surface area contributed by atoms with Crippen molar-refractivity contribution in [2.24, 2.45) is 5.92 Å².